The van der Waals surface area contributed by atoms with E-state index in [1.165, 1.54) is 0 Å². The zero-order valence-electron chi connectivity index (χ0n) is 12.5. The lowest BCUT2D eigenvalue weighted by atomic mass is 9.96. The van der Waals surface area contributed by atoms with Crippen molar-refractivity contribution in [3.63, 3.8) is 0 Å². The summed E-state index contributed by atoms with van der Waals surface area (Å²) in [5.41, 5.74) is 2.18. The van der Waals surface area contributed by atoms with Gasteiger partial charge in [-0.15, -0.1) is 0 Å². The molecule has 1 unspecified atom stereocenters. The Morgan fingerprint density at radius 1 is 1.14 bits per heavy atom. The fraction of sp³-hybridized carbons (Fsp3) is 0.857. The molecule has 120 valence electrons. The van der Waals surface area contributed by atoms with Crippen LogP contribution in [0.25, 0.3) is 0 Å². The predicted molar refractivity (Wildman–Crippen MR) is 77.9 cm³/mol. The Labute approximate surface area is 125 Å². The van der Waals surface area contributed by atoms with Gasteiger partial charge in [-0.25, -0.2) is 5.84 Å². The number of hydrogen-bond donors (Lipinski definition) is 3. The average molecular weight is 298 g/mol. The van der Waals surface area contributed by atoms with Gasteiger partial charge in [-0.05, 0) is 32.2 Å². The molecule has 0 spiro atoms. The fourth-order valence-electron chi connectivity index (χ4n) is 3.26. The van der Waals surface area contributed by atoms with Gasteiger partial charge in [0, 0.05) is 25.0 Å². The summed E-state index contributed by atoms with van der Waals surface area (Å²) in [6.45, 7) is 2.58. The predicted octanol–water partition coefficient (Wildman–Crippen LogP) is -0.938. The molecule has 0 radical (unpaired) electrons. The van der Waals surface area contributed by atoms with Crippen LogP contribution < -0.4 is 11.3 Å². The third-order valence-corrected chi connectivity index (χ3v) is 4.66. The number of nitrogens with two attached hydrogens (primary N) is 1. The molecule has 2 heterocycles. The SMILES string of the molecule is NNC(=O)C1CCN(C(=O)CN2CCCCC2CO)CC1. The summed E-state index contributed by atoms with van der Waals surface area (Å²) in [7, 11) is 0. The molecular formula is C14H26N4O3. The highest BCUT2D eigenvalue weighted by Crippen LogP contribution is 2.19. The Kier molecular flexibility index (Phi) is 5.96. The summed E-state index contributed by atoms with van der Waals surface area (Å²) in [5.74, 6) is 5.02. The van der Waals surface area contributed by atoms with Gasteiger partial charge in [-0.3, -0.25) is 19.9 Å². The molecule has 0 aliphatic carbocycles. The van der Waals surface area contributed by atoms with E-state index in [0.717, 1.165) is 25.8 Å². The standard InChI is InChI=1S/C14H26N4O3/c15-16-14(21)11-4-7-17(8-5-11)13(20)9-18-6-2-1-3-12(18)10-19/h11-12,19H,1-10,15H2,(H,16,21). The fourth-order valence-corrected chi connectivity index (χ4v) is 3.26. The third kappa shape index (κ3) is 4.15. The van der Waals surface area contributed by atoms with Crippen molar-refractivity contribution < 1.29 is 14.7 Å². The van der Waals surface area contributed by atoms with Crippen molar-refractivity contribution in [3.8, 4) is 0 Å². The molecule has 0 saturated carbocycles. The molecule has 2 rings (SSSR count). The van der Waals surface area contributed by atoms with E-state index in [0.29, 0.717) is 32.5 Å². The average Bonchev–Trinajstić information content (AvgIpc) is 2.54. The molecule has 0 aromatic carbocycles. The van der Waals surface area contributed by atoms with Crippen LogP contribution in [0.1, 0.15) is 32.1 Å². The second kappa shape index (κ2) is 7.72. The highest BCUT2D eigenvalue weighted by molar-refractivity contribution is 5.80. The number of hydrazine groups is 1. The number of piperidine rings is 2. The molecule has 7 nitrogen and oxygen atoms in total. The zero-order valence-corrected chi connectivity index (χ0v) is 12.5. The second-order valence-electron chi connectivity index (χ2n) is 5.97. The number of nitrogens with one attached hydrogen (secondary N) is 1. The van der Waals surface area contributed by atoms with Crippen LogP contribution in [-0.2, 0) is 9.59 Å². The van der Waals surface area contributed by atoms with E-state index in [2.05, 4.69) is 10.3 Å². The second-order valence-corrected chi connectivity index (χ2v) is 5.97. The first-order chi connectivity index (χ1) is 10.2. The molecule has 2 fully saturated rings. The number of carbonyl (C=O) groups is 2. The lowest BCUT2D eigenvalue weighted by Crippen LogP contribution is -2.50. The van der Waals surface area contributed by atoms with Gasteiger partial charge >= 0.3 is 0 Å². The molecule has 2 aliphatic heterocycles. The Hall–Kier alpha value is -1.18. The normalized spacial score (nSPS) is 24.9. The molecule has 0 aromatic rings. The van der Waals surface area contributed by atoms with Gasteiger partial charge in [0.25, 0.3) is 0 Å². The summed E-state index contributed by atoms with van der Waals surface area (Å²) < 4.78 is 0. The Morgan fingerprint density at radius 3 is 2.48 bits per heavy atom. The number of carbonyl (C=O) groups excluding carboxylic acids is 2. The zero-order chi connectivity index (χ0) is 15.2. The van der Waals surface area contributed by atoms with E-state index in [1.54, 1.807) is 0 Å². The van der Waals surface area contributed by atoms with Crippen LogP contribution >= 0.6 is 0 Å². The van der Waals surface area contributed by atoms with Gasteiger partial charge in [0.05, 0.1) is 13.2 Å². The molecule has 4 N–H and O–H groups in total. The lowest BCUT2D eigenvalue weighted by Gasteiger charge is -2.37. The maximum absolute atomic E-state index is 12.4. The monoisotopic (exact) mass is 298 g/mol. The van der Waals surface area contributed by atoms with Crippen LogP contribution in [0.4, 0.5) is 0 Å². The summed E-state index contributed by atoms with van der Waals surface area (Å²) >= 11 is 0. The molecule has 2 aliphatic rings. The van der Waals surface area contributed by atoms with Crippen molar-refractivity contribution in [1.82, 2.24) is 15.2 Å². The largest absolute Gasteiger partial charge is 0.395 e. The van der Waals surface area contributed by atoms with Crippen molar-refractivity contribution in [2.75, 3.05) is 32.8 Å². The number of aliphatic hydroxyl groups excluding tert-OH is 1. The molecular weight excluding hydrogens is 272 g/mol. The van der Waals surface area contributed by atoms with Gasteiger partial charge in [0.2, 0.25) is 11.8 Å². The van der Waals surface area contributed by atoms with Crippen molar-refractivity contribution in [3.05, 3.63) is 0 Å². The van der Waals surface area contributed by atoms with Crippen molar-refractivity contribution in [2.24, 2.45) is 11.8 Å². The van der Waals surface area contributed by atoms with E-state index in [1.807, 2.05) is 4.90 Å². The quantitative estimate of drug-likeness (QED) is 0.353. The van der Waals surface area contributed by atoms with E-state index < -0.39 is 0 Å². The van der Waals surface area contributed by atoms with Gasteiger partial charge in [-0.2, -0.15) is 0 Å². The van der Waals surface area contributed by atoms with Crippen LogP contribution in [0.15, 0.2) is 0 Å². The first-order valence-corrected chi connectivity index (χ1v) is 7.79. The summed E-state index contributed by atoms with van der Waals surface area (Å²) in [6.07, 6.45) is 4.50. The minimum absolute atomic E-state index is 0.0840. The topological polar surface area (TPSA) is 98.9 Å². The van der Waals surface area contributed by atoms with Crippen LogP contribution in [-0.4, -0.2) is 65.5 Å². The Bertz CT molecular complexity index is 369. The molecule has 0 aromatic heterocycles. The highest BCUT2D eigenvalue weighted by Gasteiger charge is 2.29. The smallest absolute Gasteiger partial charge is 0.237 e. The molecule has 1 atom stereocenters. The summed E-state index contributed by atoms with van der Waals surface area (Å²) in [4.78, 5) is 27.7. The first kappa shape index (κ1) is 16.2. The summed E-state index contributed by atoms with van der Waals surface area (Å²) in [5, 5.41) is 9.38. The minimum Gasteiger partial charge on any atom is -0.395 e. The van der Waals surface area contributed by atoms with E-state index in [-0.39, 0.29) is 30.4 Å². The summed E-state index contributed by atoms with van der Waals surface area (Å²) in [6, 6.07) is 0.114. The maximum Gasteiger partial charge on any atom is 0.237 e. The Morgan fingerprint density at radius 2 is 1.86 bits per heavy atom. The number of hydrogen-bond acceptors (Lipinski definition) is 5. The number of nitrogens with zero attached hydrogens (tertiary/aromatic N) is 2. The third-order valence-electron chi connectivity index (χ3n) is 4.66. The van der Waals surface area contributed by atoms with Crippen LogP contribution in [0, 0.1) is 5.92 Å². The molecule has 2 amide bonds. The van der Waals surface area contributed by atoms with Gasteiger partial charge < -0.3 is 10.0 Å². The maximum atomic E-state index is 12.4. The lowest BCUT2D eigenvalue weighted by molar-refractivity contribution is -0.137. The Balaban J connectivity index is 1.80. The van der Waals surface area contributed by atoms with Gasteiger partial charge in [0.1, 0.15) is 0 Å². The number of amides is 2. The highest BCUT2D eigenvalue weighted by atomic mass is 16.3. The van der Waals surface area contributed by atoms with Gasteiger partial charge in [-0.1, -0.05) is 6.42 Å². The molecule has 2 saturated heterocycles. The van der Waals surface area contributed by atoms with E-state index in [9.17, 15) is 14.7 Å². The van der Waals surface area contributed by atoms with Crippen molar-refractivity contribution in [2.45, 2.75) is 38.1 Å². The number of likely N-dealkylation sites (tertiary alicyclic amines) is 2. The molecule has 0 bridgehead atoms. The van der Waals surface area contributed by atoms with Crippen LogP contribution in [0.5, 0.6) is 0 Å². The first-order valence-electron chi connectivity index (χ1n) is 7.79. The number of rotatable bonds is 4. The molecule has 21 heavy (non-hydrogen) atoms. The minimum atomic E-state index is -0.140. The van der Waals surface area contributed by atoms with Crippen molar-refractivity contribution >= 4 is 11.8 Å². The molecule has 7 heteroatoms. The van der Waals surface area contributed by atoms with E-state index >= 15 is 0 Å². The van der Waals surface area contributed by atoms with Crippen molar-refractivity contribution in [1.29, 1.82) is 0 Å². The van der Waals surface area contributed by atoms with Gasteiger partial charge in [0.15, 0.2) is 0 Å². The van der Waals surface area contributed by atoms with Crippen LogP contribution in [0.3, 0.4) is 0 Å². The van der Waals surface area contributed by atoms with Crippen LogP contribution in [0.2, 0.25) is 0 Å². The van der Waals surface area contributed by atoms with E-state index in [4.69, 9.17) is 5.84 Å². The number of aliphatic hydroxyl groups is 1.